The van der Waals surface area contributed by atoms with Gasteiger partial charge in [0.1, 0.15) is 0 Å². The molecule has 2 saturated heterocycles. The van der Waals surface area contributed by atoms with Crippen LogP contribution >= 0.6 is 23.2 Å². The Kier molecular flexibility index (Phi) is 3.33. The van der Waals surface area contributed by atoms with E-state index in [0.717, 1.165) is 25.0 Å². The fourth-order valence-electron chi connectivity index (χ4n) is 3.95. The molecular weight excluding hydrogens is 325 g/mol. The first-order chi connectivity index (χ1) is 10.5. The number of fused-ring (bicyclic) bond motifs is 3. The number of halogens is 2. The van der Waals surface area contributed by atoms with Crippen molar-refractivity contribution in [2.24, 2.45) is 5.92 Å². The van der Waals surface area contributed by atoms with Crippen LogP contribution in [0.5, 0.6) is 0 Å². The summed E-state index contributed by atoms with van der Waals surface area (Å²) in [7, 11) is 0. The highest BCUT2D eigenvalue weighted by molar-refractivity contribution is 6.36. The third-order valence-electron chi connectivity index (χ3n) is 4.87. The number of aliphatic carboxylic acids is 1. The van der Waals surface area contributed by atoms with E-state index in [2.05, 4.69) is 9.88 Å². The molecule has 0 aliphatic carbocycles. The zero-order valence-corrected chi connectivity index (χ0v) is 13.3. The molecule has 2 aromatic heterocycles. The van der Waals surface area contributed by atoms with Crippen LogP contribution in [0.15, 0.2) is 18.5 Å². The van der Waals surface area contributed by atoms with E-state index in [0.29, 0.717) is 28.3 Å². The molecule has 2 fully saturated rings. The number of hydrogen-bond acceptors (Lipinski definition) is 3. The van der Waals surface area contributed by atoms with Crippen molar-refractivity contribution in [3.8, 4) is 0 Å². The van der Waals surface area contributed by atoms with Gasteiger partial charge in [0.05, 0.1) is 21.7 Å². The Morgan fingerprint density at radius 3 is 2.91 bits per heavy atom. The molecule has 0 spiro atoms. The molecule has 1 N–H and O–H groups in total. The summed E-state index contributed by atoms with van der Waals surface area (Å²) in [5.74, 6) is -0.921. The number of carboxylic acids is 1. The second-order valence-electron chi connectivity index (χ2n) is 6.12. The number of nitrogens with zero attached hydrogens (tertiary/aromatic N) is 3. The van der Waals surface area contributed by atoms with Crippen LogP contribution in [0.3, 0.4) is 0 Å². The van der Waals surface area contributed by atoms with Crippen LogP contribution in [-0.4, -0.2) is 37.4 Å². The second kappa shape index (κ2) is 5.11. The monoisotopic (exact) mass is 339 g/mol. The van der Waals surface area contributed by atoms with Gasteiger partial charge in [-0.05, 0) is 25.3 Å². The SMILES string of the molecule is O=C(O)C1CC2CCC1N2Cc1cn2cc(Cl)cc(Cl)c2n1. The highest BCUT2D eigenvalue weighted by Crippen LogP contribution is 2.42. The van der Waals surface area contributed by atoms with E-state index < -0.39 is 5.97 Å². The van der Waals surface area contributed by atoms with Crippen molar-refractivity contribution in [1.82, 2.24) is 14.3 Å². The van der Waals surface area contributed by atoms with Gasteiger partial charge in [-0.2, -0.15) is 0 Å². The third kappa shape index (κ3) is 2.19. The lowest BCUT2D eigenvalue weighted by Crippen LogP contribution is -2.32. The van der Waals surface area contributed by atoms with Crippen LogP contribution in [-0.2, 0) is 11.3 Å². The largest absolute Gasteiger partial charge is 0.481 e. The van der Waals surface area contributed by atoms with Crippen LogP contribution < -0.4 is 0 Å². The van der Waals surface area contributed by atoms with Crippen molar-refractivity contribution >= 4 is 34.8 Å². The minimum atomic E-state index is -0.679. The summed E-state index contributed by atoms with van der Waals surface area (Å²) in [4.78, 5) is 18.2. The Morgan fingerprint density at radius 1 is 1.36 bits per heavy atom. The minimum Gasteiger partial charge on any atom is -0.481 e. The Hall–Kier alpha value is -1.30. The predicted octanol–water partition coefficient (Wildman–Crippen LogP) is 3.08. The first-order valence-corrected chi connectivity index (χ1v) is 8.09. The molecule has 0 saturated carbocycles. The van der Waals surface area contributed by atoms with Gasteiger partial charge in [-0.3, -0.25) is 9.69 Å². The Labute approximate surface area is 137 Å². The Morgan fingerprint density at radius 2 is 2.18 bits per heavy atom. The molecule has 3 atom stereocenters. The molecule has 3 unspecified atom stereocenters. The highest BCUT2D eigenvalue weighted by Gasteiger charge is 2.49. The van der Waals surface area contributed by atoms with Gasteiger partial charge >= 0.3 is 5.97 Å². The van der Waals surface area contributed by atoms with E-state index in [1.54, 1.807) is 12.3 Å². The van der Waals surface area contributed by atoms with Gasteiger partial charge in [-0.15, -0.1) is 0 Å². The molecule has 0 amide bonds. The first kappa shape index (κ1) is 14.3. The van der Waals surface area contributed by atoms with E-state index in [1.165, 1.54) is 0 Å². The van der Waals surface area contributed by atoms with E-state index in [-0.39, 0.29) is 12.0 Å². The number of carbonyl (C=O) groups is 1. The van der Waals surface area contributed by atoms with Crippen molar-refractivity contribution in [3.63, 3.8) is 0 Å². The molecule has 2 aliphatic rings. The summed E-state index contributed by atoms with van der Waals surface area (Å²) >= 11 is 12.2. The minimum absolute atomic E-state index is 0.131. The van der Waals surface area contributed by atoms with Crippen LogP contribution in [0.4, 0.5) is 0 Å². The molecule has 4 rings (SSSR count). The first-order valence-electron chi connectivity index (χ1n) is 7.34. The molecule has 0 radical (unpaired) electrons. The average molecular weight is 340 g/mol. The van der Waals surface area contributed by atoms with E-state index in [9.17, 15) is 9.90 Å². The number of pyridine rings is 1. The predicted molar refractivity (Wildman–Crippen MR) is 83.3 cm³/mol. The maximum absolute atomic E-state index is 11.3. The molecule has 2 bridgehead atoms. The van der Waals surface area contributed by atoms with Gasteiger partial charge < -0.3 is 9.51 Å². The molecule has 4 heterocycles. The van der Waals surface area contributed by atoms with Gasteiger partial charge in [0.15, 0.2) is 5.65 Å². The summed E-state index contributed by atoms with van der Waals surface area (Å²) in [6.45, 7) is 0.661. The topological polar surface area (TPSA) is 57.8 Å². The third-order valence-corrected chi connectivity index (χ3v) is 5.35. The van der Waals surface area contributed by atoms with Crippen LogP contribution in [0.2, 0.25) is 10.0 Å². The lowest BCUT2D eigenvalue weighted by molar-refractivity contribution is -0.142. The van der Waals surface area contributed by atoms with Crippen molar-refractivity contribution in [3.05, 3.63) is 34.2 Å². The highest BCUT2D eigenvalue weighted by atomic mass is 35.5. The second-order valence-corrected chi connectivity index (χ2v) is 6.96. The number of hydrogen-bond donors (Lipinski definition) is 1. The van der Waals surface area contributed by atoms with Gasteiger partial charge in [-0.25, -0.2) is 4.98 Å². The zero-order chi connectivity index (χ0) is 15.4. The number of rotatable bonds is 3. The summed E-state index contributed by atoms with van der Waals surface area (Å²) in [5.41, 5.74) is 1.58. The van der Waals surface area contributed by atoms with Gasteiger partial charge in [0.2, 0.25) is 0 Å². The normalized spacial score (nSPS) is 27.8. The van der Waals surface area contributed by atoms with Gasteiger partial charge in [0, 0.05) is 31.0 Å². The summed E-state index contributed by atoms with van der Waals surface area (Å²) in [6, 6.07) is 2.16. The molecular formula is C15H15Cl2N3O2. The van der Waals surface area contributed by atoms with E-state index in [1.807, 2.05) is 10.6 Å². The van der Waals surface area contributed by atoms with Crippen molar-refractivity contribution < 1.29 is 9.90 Å². The smallest absolute Gasteiger partial charge is 0.308 e. The van der Waals surface area contributed by atoms with Gasteiger partial charge in [-0.1, -0.05) is 23.2 Å². The van der Waals surface area contributed by atoms with Crippen molar-refractivity contribution in [1.29, 1.82) is 0 Å². The molecule has 2 aromatic rings. The average Bonchev–Trinajstić information content (AvgIpc) is 3.12. The fourth-order valence-corrected chi connectivity index (χ4v) is 4.48. The Bertz CT molecular complexity index is 761. The maximum Gasteiger partial charge on any atom is 0.308 e. The van der Waals surface area contributed by atoms with Crippen molar-refractivity contribution in [2.75, 3.05) is 0 Å². The Balaban J connectivity index is 1.62. The number of aromatic nitrogens is 2. The standard InChI is InChI=1S/C15H15Cl2N3O2/c16-8-3-12(17)14-18-9(6-19(14)5-8)7-20-10-1-2-13(20)11(4-10)15(21)22/h3,5-6,10-11,13H,1-2,4,7H2,(H,21,22). The fraction of sp³-hybridized carbons (Fsp3) is 0.467. The summed E-state index contributed by atoms with van der Waals surface area (Å²) < 4.78 is 1.83. The summed E-state index contributed by atoms with van der Waals surface area (Å²) in [6.07, 6.45) is 6.48. The zero-order valence-electron chi connectivity index (χ0n) is 11.7. The molecule has 7 heteroatoms. The number of carboxylic acid groups (broad SMARTS) is 1. The molecule has 116 valence electrons. The van der Waals surface area contributed by atoms with E-state index >= 15 is 0 Å². The van der Waals surface area contributed by atoms with Gasteiger partial charge in [0.25, 0.3) is 0 Å². The van der Waals surface area contributed by atoms with Crippen LogP contribution in [0.25, 0.3) is 5.65 Å². The molecule has 0 aromatic carbocycles. The molecule has 22 heavy (non-hydrogen) atoms. The lowest BCUT2D eigenvalue weighted by atomic mass is 9.89. The maximum atomic E-state index is 11.3. The molecule has 2 aliphatic heterocycles. The van der Waals surface area contributed by atoms with E-state index in [4.69, 9.17) is 23.2 Å². The quantitative estimate of drug-likeness (QED) is 0.933. The number of imidazole rings is 1. The van der Waals surface area contributed by atoms with Crippen molar-refractivity contribution in [2.45, 2.75) is 37.9 Å². The van der Waals surface area contributed by atoms with Crippen LogP contribution in [0, 0.1) is 5.92 Å². The van der Waals surface area contributed by atoms with Crippen LogP contribution in [0.1, 0.15) is 25.0 Å². The lowest BCUT2D eigenvalue weighted by Gasteiger charge is -2.21. The summed E-state index contributed by atoms with van der Waals surface area (Å²) in [5, 5.41) is 10.4. The molecule has 5 nitrogen and oxygen atoms in total.